The molecule has 3 N–H and O–H groups in total. The summed E-state index contributed by atoms with van der Waals surface area (Å²) in [5, 5.41) is 15.8. The zero-order chi connectivity index (χ0) is 21.8. The van der Waals surface area contributed by atoms with E-state index in [1.807, 2.05) is 13.0 Å². The van der Waals surface area contributed by atoms with Gasteiger partial charge in [-0.3, -0.25) is 0 Å². The van der Waals surface area contributed by atoms with Gasteiger partial charge in [-0.25, -0.2) is 9.37 Å². The molecule has 0 bridgehead atoms. The van der Waals surface area contributed by atoms with Crippen molar-refractivity contribution in [2.24, 2.45) is 0 Å². The molecule has 2 aromatic carbocycles. The van der Waals surface area contributed by atoms with Gasteiger partial charge in [-0.1, -0.05) is 0 Å². The van der Waals surface area contributed by atoms with Crippen molar-refractivity contribution in [3.8, 4) is 23.0 Å². The maximum Gasteiger partial charge on any atom is 0.229 e. The predicted molar refractivity (Wildman–Crippen MR) is 112 cm³/mol. The average molecular weight is 414 g/mol. The van der Waals surface area contributed by atoms with Gasteiger partial charge in [-0.05, 0) is 37.6 Å². The number of aryl methyl sites for hydroxylation is 1. The number of aromatic hydroxyl groups is 1. The number of hydrogen-bond donors (Lipinski definition) is 3. The molecule has 0 amide bonds. The topological polar surface area (TPSA) is 97.8 Å². The molecule has 0 saturated carbocycles. The molecule has 9 heteroatoms. The number of methoxy groups -OCH3 is 3. The highest BCUT2D eigenvalue weighted by Gasteiger charge is 2.15. The third kappa shape index (κ3) is 4.14. The fraction of sp³-hybridized carbons (Fsp3) is 0.238. The van der Waals surface area contributed by atoms with Gasteiger partial charge in [0.1, 0.15) is 11.5 Å². The van der Waals surface area contributed by atoms with Crippen LogP contribution in [0.4, 0.5) is 27.5 Å². The van der Waals surface area contributed by atoms with E-state index in [0.29, 0.717) is 34.2 Å². The van der Waals surface area contributed by atoms with Gasteiger partial charge in [0.2, 0.25) is 5.95 Å². The molecule has 0 atom stereocenters. The maximum absolute atomic E-state index is 14.3. The highest BCUT2D eigenvalue weighted by atomic mass is 19.1. The van der Waals surface area contributed by atoms with E-state index < -0.39 is 5.82 Å². The zero-order valence-electron chi connectivity index (χ0n) is 17.3. The van der Waals surface area contributed by atoms with Gasteiger partial charge < -0.3 is 30.0 Å². The standard InChI is InChI=1S/C21H23FN4O4/c1-11-8-13(9-17(28-3)18(11)29-4)24-21-23-10-14(22)20(26-21)25-15-6-7-16(27)12(2)19(15)30-5/h6-10,27H,1-5H3,(H2,23,24,25,26). The summed E-state index contributed by atoms with van der Waals surface area (Å²) in [7, 11) is 4.58. The number of nitrogens with one attached hydrogen (secondary N) is 2. The fourth-order valence-corrected chi connectivity index (χ4v) is 3.04. The highest BCUT2D eigenvalue weighted by Crippen LogP contribution is 2.37. The summed E-state index contributed by atoms with van der Waals surface area (Å²) in [5.41, 5.74) is 2.49. The van der Waals surface area contributed by atoms with Crippen LogP contribution < -0.4 is 24.8 Å². The van der Waals surface area contributed by atoms with Crippen LogP contribution in [0.2, 0.25) is 0 Å². The Bertz CT molecular complexity index is 1080. The van der Waals surface area contributed by atoms with Crippen molar-refractivity contribution in [2.45, 2.75) is 13.8 Å². The number of anilines is 4. The Kier molecular flexibility index (Phi) is 6.10. The summed E-state index contributed by atoms with van der Waals surface area (Å²) in [6.07, 6.45) is 1.06. The molecule has 30 heavy (non-hydrogen) atoms. The molecule has 1 heterocycles. The summed E-state index contributed by atoms with van der Waals surface area (Å²) in [4.78, 5) is 8.22. The van der Waals surface area contributed by atoms with Crippen molar-refractivity contribution in [2.75, 3.05) is 32.0 Å². The van der Waals surface area contributed by atoms with Crippen molar-refractivity contribution >= 4 is 23.1 Å². The Labute approximate surface area is 173 Å². The third-order valence-corrected chi connectivity index (χ3v) is 4.50. The minimum atomic E-state index is -0.642. The Morgan fingerprint density at radius 3 is 2.37 bits per heavy atom. The number of phenolic OH excluding ortho intramolecular Hbond substituents is 1. The molecule has 0 aliphatic carbocycles. The molecule has 8 nitrogen and oxygen atoms in total. The minimum absolute atomic E-state index is 0.0481. The van der Waals surface area contributed by atoms with Gasteiger partial charge in [0.15, 0.2) is 23.1 Å². The number of aromatic nitrogens is 2. The molecule has 0 aliphatic heterocycles. The second kappa shape index (κ2) is 8.73. The van der Waals surface area contributed by atoms with Crippen molar-refractivity contribution in [3.63, 3.8) is 0 Å². The Morgan fingerprint density at radius 2 is 1.70 bits per heavy atom. The van der Waals surface area contributed by atoms with E-state index in [1.165, 1.54) is 13.2 Å². The molecular weight excluding hydrogens is 391 g/mol. The lowest BCUT2D eigenvalue weighted by Crippen LogP contribution is -2.05. The minimum Gasteiger partial charge on any atom is -0.508 e. The molecule has 3 aromatic rings. The van der Waals surface area contributed by atoms with Crippen LogP contribution >= 0.6 is 0 Å². The van der Waals surface area contributed by atoms with Gasteiger partial charge in [-0.2, -0.15) is 4.98 Å². The predicted octanol–water partition coefficient (Wildman–Crippen LogP) is 4.45. The molecule has 0 saturated heterocycles. The van der Waals surface area contributed by atoms with Crippen LogP contribution in [-0.2, 0) is 0 Å². The molecule has 0 aliphatic rings. The molecular formula is C21H23FN4O4. The number of nitrogens with zero attached hydrogens (tertiary/aromatic N) is 2. The Balaban J connectivity index is 1.92. The Morgan fingerprint density at radius 1 is 0.967 bits per heavy atom. The first-order valence-electron chi connectivity index (χ1n) is 9.03. The Hall–Kier alpha value is -3.75. The second-order valence-corrected chi connectivity index (χ2v) is 6.46. The van der Waals surface area contributed by atoms with E-state index in [2.05, 4.69) is 20.6 Å². The SMILES string of the molecule is COc1cc(Nc2ncc(F)c(Nc3ccc(O)c(C)c3OC)n2)cc(C)c1OC. The monoisotopic (exact) mass is 414 g/mol. The van der Waals surface area contributed by atoms with E-state index >= 15 is 0 Å². The zero-order valence-corrected chi connectivity index (χ0v) is 17.3. The summed E-state index contributed by atoms with van der Waals surface area (Å²) < 4.78 is 30.4. The molecule has 0 fully saturated rings. The molecule has 3 rings (SSSR count). The van der Waals surface area contributed by atoms with Crippen LogP contribution in [0.5, 0.6) is 23.0 Å². The first-order chi connectivity index (χ1) is 14.4. The molecule has 158 valence electrons. The van der Waals surface area contributed by atoms with Crippen LogP contribution in [0, 0.1) is 19.7 Å². The van der Waals surface area contributed by atoms with E-state index in [9.17, 15) is 9.50 Å². The summed E-state index contributed by atoms with van der Waals surface area (Å²) in [5.74, 6) is 1.12. The quantitative estimate of drug-likeness (QED) is 0.488. The van der Waals surface area contributed by atoms with Gasteiger partial charge in [0, 0.05) is 17.3 Å². The van der Waals surface area contributed by atoms with Gasteiger partial charge in [0.25, 0.3) is 0 Å². The molecule has 1 aromatic heterocycles. The number of halogens is 1. The summed E-state index contributed by atoms with van der Waals surface area (Å²) >= 11 is 0. The number of ether oxygens (including phenoxy) is 3. The number of hydrogen-bond acceptors (Lipinski definition) is 8. The van der Waals surface area contributed by atoms with E-state index in [4.69, 9.17) is 14.2 Å². The lowest BCUT2D eigenvalue weighted by atomic mass is 10.1. The van der Waals surface area contributed by atoms with Crippen molar-refractivity contribution in [1.82, 2.24) is 9.97 Å². The van der Waals surface area contributed by atoms with Gasteiger partial charge >= 0.3 is 0 Å². The van der Waals surface area contributed by atoms with Crippen molar-refractivity contribution < 1.29 is 23.7 Å². The number of phenols is 1. The summed E-state index contributed by atoms with van der Waals surface area (Å²) in [6.45, 7) is 3.58. The largest absolute Gasteiger partial charge is 0.508 e. The van der Waals surface area contributed by atoms with Crippen molar-refractivity contribution in [3.05, 3.63) is 47.4 Å². The molecule has 0 spiro atoms. The van der Waals surface area contributed by atoms with E-state index in [0.717, 1.165) is 11.8 Å². The average Bonchev–Trinajstić information content (AvgIpc) is 2.73. The van der Waals surface area contributed by atoms with Crippen LogP contribution in [0.25, 0.3) is 0 Å². The van der Waals surface area contributed by atoms with Gasteiger partial charge in [-0.15, -0.1) is 0 Å². The lowest BCUT2D eigenvalue weighted by Gasteiger charge is -2.15. The normalized spacial score (nSPS) is 10.5. The first-order valence-corrected chi connectivity index (χ1v) is 9.03. The first kappa shape index (κ1) is 21.0. The lowest BCUT2D eigenvalue weighted by molar-refractivity contribution is 0.353. The highest BCUT2D eigenvalue weighted by molar-refractivity contribution is 5.70. The van der Waals surface area contributed by atoms with Crippen LogP contribution in [0.3, 0.4) is 0 Å². The van der Waals surface area contributed by atoms with Crippen LogP contribution in [0.1, 0.15) is 11.1 Å². The van der Waals surface area contributed by atoms with E-state index in [-0.39, 0.29) is 17.5 Å². The van der Waals surface area contributed by atoms with Crippen LogP contribution in [-0.4, -0.2) is 36.4 Å². The van der Waals surface area contributed by atoms with Gasteiger partial charge in [0.05, 0.1) is 33.2 Å². The van der Waals surface area contributed by atoms with Crippen LogP contribution in [0.15, 0.2) is 30.5 Å². The smallest absolute Gasteiger partial charge is 0.229 e. The fourth-order valence-electron chi connectivity index (χ4n) is 3.04. The molecule has 0 radical (unpaired) electrons. The maximum atomic E-state index is 14.3. The third-order valence-electron chi connectivity index (χ3n) is 4.50. The number of rotatable bonds is 7. The van der Waals surface area contributed by atoms with Crippen molar-refractivity contribution in [1.29, 1.82) is 0 Å². The summed E-state index contributed by atoms with van der Waals surface area (Å²) in [6, 6.07) is 6.64. The number of benzene rings is 2. The molecule has 0 unspecified atom stereocenters. The second-order valence-electron chi connectivity index (χ2n) is 6.46. The van der Waals surface area contributed by atoms with E-state index in [1.54, 1.807) is 33.3 Å².